The number of carbonyl (C=O) groups is 2. The Bertz CT molecular complexity index is 1810. The van der Waals surface area contributed by atoms with Crippen molar-refractivity contribution in [1.82, 2.24) is 20.2 Å². The first-order chi connectivity index (χ1) is 20.4. The molecular formula is C31H25ClN6O4. The normalized spacial score (nSPS) is 15.2. The van der Waals surface area contributed by atoms with Crippen LogP contribution in [-0.2, 0) is 4.79 Å². The molecule has 2 bridgehead atoms. The van der Waals surface area contributed by atoms with Crippen molar-refractivity contribution < 1.29 is 19.4 Å². The first-order valence-corrected chi connectivity index (χ1v) is 13.8. The monoisotopic (exact) mass is 580 g/mol. The molecule has 42 heavy (non-hydrogen) atoms. The molecule has 10 nitrogen and oxygen atoms in total. The second kappa shape index (κ2) is 11.4. The molecule has 0 saturated carbocycles. The molecule has 3 aromatic carbocycles. The summed E-state index contributed by atoms with van der Waals surface area (Å²) in [6.45, 7) is 0. The van der Waals surface area contributed by atoms with E-state index in [2.05, 4.69) is 20.8 Å². The fraction of sp³-hybridized carbons (Fsp3) is 0.161. The lowest BCUT2D eigenvalue weighted by molar-refractivity contribution is -0.614. The number of carboxylic acids is 1. The van der Waals surface area contributed by atoms with Crippen molar-refractivity contribution in [3.63, 3.8) is 0 Å². The molecule has 210 valence electrons. The van der Waals surface area contributed by atoms with Gasteiger partial charge < -0.3 is 15.6 Å². The highest BCUT2D eigenvalue weighted by molar-refractivity contribution is 6.31. The number of pyridine rings is 1. The number of nitrogens with one attached hydrogen (secondary N) is 1. The smallest absolute Gasteiger partial charge is 0.335 e. The van der Waals surface area contributed by atoms with Gasteiger partial charge in [0, 0.05) is 39.9 Å². The van der Waals surface area contributed by atoms with Crippen molar-refractivity contribution in [2.75, 3.05) is 5.32 Å². The van der Waals surface area contributed by atoms with Crippen LogP contribution in [0, 0.1) is 5.21 Å². The lowest BCUT2D eigenvalue weighted by Gasteiger charge is -2.20. The van der Waals surface area contributed by atoms with Gasteiger partial charge >= 0.3 is 5.97 Å². The number of hydrogen-bond donors (Lipinski definition) is 2. The van der Waals surface area contributed by atoms with E-state index < -0.39 is 5.97 Å². The molecule has 1 amide bonds. The van der Waals surface area contributed by atoms with Crippen molar-refractivity contribution in [3.8, 4) is 27.9 Å². The van der Waals surface area contributed by atoms with Gasteiger partial charge in [-0.05, 0) is 76.9 Å². The predicted octanol–water partition coefficient (Wildman–Crippen LogP) is 5.63. The van der Waals surface area contributed by atoms with Crippen LogP contribution < -0.4 is 10.0 Å². The largest absolute Gasteiger partial charge is 0.618 e. The maximum absolute atomic E-state index is 13.6. The van der Waals surface area contributed by atoms with E-state index in [4.69, 9.17) is 11.6 Å². The van der Waals surface area contributed by atoms with Crippen LogP contribution in [0.25, 0.3) is 27.9 Å². The minimum atomic E-state index is -1.06. The second-order valence-electron chi connectivity index (χ2n) is 10.1. The standard InChI is InChI=1S/C31H25ClN6O4/c32-23-10-13-28(37-18-33-35-36-37)26(16-23)22-9-12-29(38(42)17-22)24-6-1-2-7-30(39)34-27-11-8-21(31(40)41)15-25(27)20-5-3-4-19(24)14-20/h3-5,8-18,24H,1-2,6-7H2,(H,34,39)(H,40,41). The number of carbonyl (C=O) groups excluding carboxylic acids is 1. The molecule has 0 radical (unpaired) electrons. The van der Waals surface area contributed by atoms with Gasteiger partial charge in [0.05, 0.1) is 17.2 Å². The van der Waals surface area contributed by atoms with Gasteiger partial charge in [-0.1, -0.05) is 42.3 Å². The Kier molecular flexibility index (Phi) is 7.37. The van der Waals surface area contributed by atoms with Gasteiger partial charge in [-0.3, -0.25) is 4.79 Å². The van der Waals surface area contributed by atoms with Gasteiger partial charge in [0.25, 0.3) is 0 Å². The summed E-state index contributed by atoms with van der Waals surface area (Å²) >= 11 is 6.31. The third-order valence-corrected chi connectivity index (χ3v) is 7.69. The summed E-state index contributed by atoms with van der Waals surface area (Å²) in [7, 11) is 0. The summed E-state index contributed by atoms with van der Waals surface area (Å²) in [4.78, 5) is 24.4. The molecule has 2 N–H and O–H groups in total. The van der Waals surface area contributed by atoms with Gasteiger partial charge in [0.1, 0.15) is 6.33 Å². The van der Waals surface area contributed by atoms with E-state index in [1.807, 2.05) is 36.4 Å². The van der Waals surface area contributed by atoms with Gasteiger partial charge in [0.2, 0.25) is 5.91 Å². The fourth-order valence-corrected chi connectivity index (χ4v) is 5.58. The number of benzene rings is 3. The second-order valence-corrected chi connectivity index (χ2v) is 10.6. The quantitative estimate of drug-likeness (QED) is 0.208. The van der Waals surface area contributed by atoms with E-state index in [9.17, 15) is 19.9 Å². The number of tetrazole rings is 1. The van der Waals surface area contributed by atoms with E-state index in [0.717, 1.165) is 22.3 Å². The Morgan fingerprint density at radius 1 is 1.02 bits per heavy atom. The summed E-state index contributed by atoms with van der Waals surface area (Å²) < 4.78 is 2.39. The van der Waals surface area contributed by atoms with Crippen molar-refractivity contribution >= 4 is 29.2 Å². The average molecular weight is 581 g/mol. The van der Waals surface area contributed by atoms with E-state index in [0.29, 0.717) is 58.0 Å². The van der Waals surface area contributed by atoms with Gasteiger partial charge in [-0.15, -0.1) is 5.10 Å². The average Bonchev–Trinajstić information content (AvgIpc) is 3.52. The first-order valence-electron chi connectivity index (χ1n) is 13.4. The summed E-state index contributed by atoms with van der Waals surface area (Å²) in [6.07, 6.45) is 5.32. The topological polar surface area (TPSA) is 137 Å². The van der Waals surface area contributed by atoms with E-state index in [-0.39, 0.29) is 17.4 Å². The minimum absolute atomic E-state index is 0.118. The lowest BCUT2D eigenvalue weighted by atomic mass is 9.87. The molecule has 11 heteroatoms. The first kappa shape index (κ1) is 27.1. The molecule has 1 atom stereocenters. The SMILES string of the molecule is O=C1CCCCC(c2ccc(-c3cc(Cl)ccc3-n3cnnn3)c[n+]2[O-])c2cccc(c2)-c2cc(C(=O)O)ccc2N1. The summed E-state index contributed by atoms with van der Waals surface area (Å²) in [6, 6.07) is 21.3. The number of hydrogen-bond acceptors (Lipinski definition) is 6. The molecule has 3 heterocycles. The highest BCUT2D eigenvalue weighted by atomic mass is 35.5. The number of halogens is 1. The molecule has 5 aromatic rings. The Morgan fingerprint density at radius 2 is 1.90 bits per heavy atom. The van der Waals surface area contributed by atoms with Gasteiger partial charge in [0.15, 0.2) is 11.9 Å². The zero-order valence-corrected chi connectivity index (χ0v) is 23.0. The van der Waals surface area contributed by atoms with E-state index >= 15 is 0 Å². The maximum Gasteiger partial charge on any atom is 0.335 e. The van der Waals surface area contributed by atoms with E-state index in [1.54, 1.807) is 30.3 Å². The van der Waals surface area contributed by atoms with Crippen LogP contribution in [0.4, 0.5) is 5.69 Å². The van der Waals surface area contributed by atoms with Crippen LogP contribution in [0.5, 0.6) is 0 Å². The van der Waals surface area contributed by atoms with Gasteiger partial charge in [-0.25, -0.2) is 4.79 Å². The highest BCUT2D eigenvalue weighted by Gasteiger charge is 2.25. The molecule has 6 rings (SSSR count). The molecule has 2 aromatic heterocycles. The van der Waals surface area contributed by atoms with Crippen LogP contribution >= 0.6 is 11.6 Å². The van der Waals surface area contributed by atoms with Gasteiger partial charge in [-0.2, -0.15) is 9.41 Å². The summed E-state index contributed by atoms with van der Waals surface area (Å²) in [5.41, 5.74) is 5.51. The molecule has 1 unspecified atom stereocenters. The summed E-state index contributed by atoms with van der Waals surface area (Å²) in [5, 5.41) is 38.1. The molecular weight excluding hydrogens is 556 g/mol. The highest BCUT2D eigenvalue weighted by Crippen LogP contribution is 2.36. The lowest BCUT2D eigenvalue weighted by Crippen LogP contribution is -2.33. The van der Waals surface area contributed by atoms with Crippen molar-refractivity contribution in [2.45, 2.75) is 31.6 Å². The van der Waals surface area contributed by atoms with Crippen molar-refractivity contribution in [3.05, 3.63) is 112 Å². The maximum atomic E-state index is 13.6. The number of aromatic nitrogens is 5. The zero-order chi connectivity index (χ0) is 29.2. The Morgan fingerprint density at radius 3 is 2.69 bits per heavy atom. The van der Waals surface area contributed by atoms with Crippen LogP contribution in [0.1, 0.15) is 53.2 Å². The third kappa shape index (κ3) is 5.44. The number of fused-ring (bicyclic) bond motifs is 4. The predicted molar refractivity (Wildman–Crippen MR) is 156 cm³/mol. The van der Waals surface area contributed by atoms with Crippen molar-refractivity contribution in [2.24, 2.45) is 0 Å². The molecule has 0 spiro atoms. The van der Waals surface area contributed by atoms with Crippen LogP contribution in [0.15, 0.2) is 85.3 Å². The minimum Gasteiger partial charge on any atom is -0.618 e. The number of anilines is 1. The number of carboxylic acid groups (broad SMARTS) is 1. The summed E-state index contributed by atoms with van der Waals surface area (Å²) in [5.74, 6) is -1.46. The molecule has 0 saturated heterocycles. The fourth-order valence-electron chi connectivity index (χ4n) is 5.41. The van der Waals surface area contributed by atoms with Crippen LogP contribution in [-0.4, -0.2) is 37.2 Å². The number of aromatic carboxylic acids is 1. The van der Waals surface area contributed by atoms with E-state index in [1.165, 1.54) is 23.3 Å². The zero-order valence-electron chi connectivity index (χ0n) is 22.3. The molecule has 1 aliphatic heterocycles. The van der Waals surface area contributed by atoms with Crippen LogP contribution in [0.2, 0.25) is 5.02 Å². The molecule has 1 aliphatic rings. The Hall–Kier alpha value is -5.09. The van der Waals surface area contributed by atoms with Crippen molar-refractivity contribution in [1.29, 1.82) is 0 Å². The Labute approximate surface area is 245 Å². The molecule has 0 aliphatic carbocycles. The third-order valence-electron chi connectivity index (χ3n) is 7.45. The number of nitrogens with zero attached hydrogens (tertiary/aromatic N) is 5. The number of rotatable bonds is 4. The number of amides is 1. The molecule has 0 fully saturated rings. The Balaban J connectivity index is 1.43. The van der Waals surface area contributed by atoms with Crippen LogP contribution in [0.3, 0.4) is 0 Å².